The minimum Gasteiger partial charge on any atom is -0.480 e. The van der Waals surface area contributed by atoms with Gasteiger partial charge >= 0.3 is 11.9 Å². The maximum atomic E-state index is 12.3. The van der Waals surface area contributed by atoms with Crippen LogP contribution in [0.2, 0.25) is 0 Å². The predicted octanol–water partition coefficient (Wildman–Crippen LogP) is 0.0491. The summed E-state index contributed by atoms with van der Waals surface area (Å²) < 4.78 is 24.8. The molecule has 0 aliphatic rings. The lowest BCUT2D eigenvalue weighted by Crippen LogP contribution is -2.39. The van der Waals surface area contributed by atoms with Crippen LogP contribution in [0.25, 0.3) is 0 Å². The molecule has 0 saturated carbocycles. The van der Waals surface area contributed by atoms with Gasteiger partial charge in [-0.2, -0.15) is 4.31 Å². The van der Waals surface area contributed by atoms with Crippen molar-refractivity contribution in [3.8, 4) is 0 Å². The van der Waals surface area contributed by atoms with Crippen molar-refractivity contribution in [1.82, 2.24) is 4.31 Å². The molecule has 21 heavy (non-hydrogen) atoms. The smallest absolute Gasteiger partial charge is 0.318 e. The summed E-state index contributed by atoms with van der Waals surface area (Å²) in [6.07, 6.45) is 0. The lowest BCUT2D eigenvalue weighted by molar-refractivity contribution is -0.139. The van der Waals surface area contributed by atoms with Crippen LogP contribution in [0.15, 0.2) is 29.2 Å². The van der Waals surface area contributed by atoms with Crippen LogP contribution in [0.5, 0.6) is 0 Å². The Kier molecular flexibility index (Phi) is 5.17. The Hall–Kier alpha value is -2.26. The number of nitrogens with zero attached hydrogens (tertiary/aromatic N) is 1. The highest BCUT2D eigenvalue weighted by molar-refractivity contribution is 7.89. The lowest BCUT2D eigenvalue weighted by atomic mass is 10.2. The third-order valence-corrected chi connectivity index (χ3v) is 4.29. The number of rotatable bonds is 7. The standard InChI is InChI=1S/C12H13NO7S/c1-8(14)9-3-2-4-10(5-9)21(19,20)13(6-11(15)16)7-12(17)18/h2-5H,6-7H2,1H3,(H,15,16)(H,17,18). The molecule has 0 amide bonds. The first kappa shape index (κ1) is 16.8. The summed E-state index contributed by atoms with van der Waals surface area (Å²) in [4.78, 5) is 32.3. The summed E-state index contributed by atoms with van der Waals surface area (Å²) >= 11 is 0. The molecule has 0 atom stereocenters. The number of carboxylic acid groups (broad SMARTS) is 2. The monoisotopic (exact) mass is 315 g/mol. The molecule has 1 aromatic rings. The summed E-state index contributed by atoms with van der Waals surface area (Å²) in [6.45, 7) is -0.726. The Bertz CT molecular complexity index is 665. The second-order valence-electron chi connectivity index (χ2n) is 4.14. The van der Waals surface area contributed by atoms with Crippen LogP contribution in [0, 0.1) is 0 Å². The van der Waals surface area contributed by atoms with Gasteiger partial charge in [0.25, 0.3) is 0 Å². The molecule has 0 saturated heterocycles. The summed E-state index contributed by atoms with van der Waals surface area (Å²) in [5.41, 5.74) is 0.127. The van der Waals surface area contributed by atoms with Crippen LogP contribution in [-0.4, -0.2) is 53.7 Å². The fraction of sp³-hybridized carbons (Fsp3) is 0.250. The molecule has 114 valence electrons. The van der Waals surface area contributed by atoms with E-state index >= 15 is 0 Å². The van der Waals surface area contributed by atoms with Gasteiger partial charge < -0.3 is 10.2 Å². The van der Waals surface area contributed by atoms with E-state index in [1.54, 1.807) is 0 Å². The summed E-state index contributed by atoms with van der Waals surface area (Å²) in [7, 11) is -4.33. The third-order valence-electron chi connectivity index (χ3n) is 2.50. The van der Waals surface area contributed by atoms with Crippen LogP contribution in [0.4, 0.5) is 0 Å². The van der Waals surface area contributed by atoms with E-state index in [0.717, 1.165) is 6.07 Å². The molecule has 0 aromatic heterocycles. The number of ketones is 1. The molecule has 0 unspecified atom stereocenters. The van der Waals surface area contributed by atoms with E-state index in [0.29, 0.717) is 4.31 Å². The van der Waals surface area contributed by atoms with E-state index in [4.69, 9.17) is 10.2 Å². The highest BCUT2D eigenvalue weighted by Gasteiger charge is 2.28. The third kappa shape index (κ3) is 4.36. The molecular formula is C12H13NO7S. The number of benzene rings is 1. The van der Waals surface area contributed by atoms with Crippen molar-refractivity contribution >= 4 is 27.7 Å². The van der Waals surface area contributed by atoms with Gasteiger partial charge in [0.15, 0.2) is 5.78 Å². The number of carbonyl (C=O) groups is 3. The maximum Gasteiger partial charge on any atom is 0.318 e. The average Bonchev–Trinajstić information content (AvgIpc) is 2.37. The van der Waals surface area contributed by atoms with E-state index in [-0.39, 0.29) is 16.2 Å². The number of carbonyl (C=O) groups excluding carboxylic acids is 1. The molecule has 0 fully saturated rings. The first-order chi connectivity index (χ1) is 9.64. The van der Waals surface area contributed by atoms with Crippen molar-refractivity contribution in [1.29, 1.82) is 0 Å². The van der Waals surface area contributed by atoms with Crippen LogP contribution in [0.3, 0.4) is 0 Å². The van der Waals surface area contributed by atoms with E-state index in [1.807, 2.05) is 0 Å². The minimum absolute atomic E-state index is 0.127. The van der Waals surface area contributed by atoms with Gasteiger partial charge in [-0.15, -0.1) is 0 Å². The van der Waals surface area contributed by atoms with E-state index in [9.17, 15) is 22.8 Å². The molecule has 9 heteroatoms. The zero-order chi connectivity index (χ0) is 16.2. The average molecular weight is 315 g/mol. The second-order valence-corrected chi connectivity index (χ2v) is 6.08. The number of hydrogen-bond acceptors (Lipinski definition) is 5. The molecular weight excluding hydrogens is 302 g/mol. The number of Topliss-reactive ketones (excluding diaryl/α,β-unsaturated/α-hetero) is 1. The summed E-state index contributed by atoms with van der Waals surface area (Å²) in [5.74, 6) is -3.33. The molecule has 0 bridgehead atoms. The van der Waals surface area contributed by atoms with Gasteiger partial charge in [-0.05, 0) is 19.1 Å². The Balaban J connectivity index is 3.27. The molecule has 1 aromatic carbocycles. The largest absolute Gasteiger partial charge is 0.480 e. The highest BCUT2D eigenvalue weighted by Crippen LogP contribution is 2.17. The van der Waals surface area contributed by atoms with Crippen LogP contribution in [0.1, 0.15) is 17.3 Å². The van der Waals surface area contributed by atoms with Gasteiger partial charge in [0.2, 0.25) is 10.0 Å². The van der Waals surface area contributed by atoms with Crippen molar-refractivity contribution in [3.05, 3.63) is 29.8 Å². The fourth-order valence-corrected chi connectivity index (χ4v) is 2.94. The number of carboxylic acids is 2. The number of aliphatic carboxylic acids is 2. The van der Waals surface area contributed by atoms with Crippen molar-refractivity contribution in [2.75, 3.05) is 13.1 Å². The van der Waals surface area contributed by atoms with Crippen LogP contribution >= 0.6 is 0 Å². The zero-order valence-corrected chi connectivity index (χ0v) is 11.8. The second kappa shape index (κ2) is 6.46. The van der Waals surface area contributed by atoms with Crippen molar-refractivity contribution in [2.45, 2.75) is 11.8 Å². The van der Waals surface area contributed by atoms with Crippen molar-refractivity contribution in [2.24, 2.45) is 0 Å². The fourth-order valence-electron chi connectivity index (χ4n) is 1.55. The molecule has 0 spiro atoms. The van der Waals surface area contributed by atoms with Crippen LogP contribution in [-0.2, 0) is 19.6 Å². The first-order valence-corrected chi connectivity index (χ1v) is 7.13. The van der Waals surface area contributed by atoms with Gasteiger partial charge in [-0.25, -0.2) is 8.42 Å². The summed E-state index contributed by atoms with van der Waals surface area (Å²) in [6, 6.07) is 4.97. The topological polar surface area (TPSA) is 129 Å². The van der Waals surface area contributed by atoms with Crippen molar-refractivity contribution < 1.29 is 33.0 Å². The Morgan fingerprint density at radius 1 is 1.10 bits per heavy atom. The number of hydrogen-bond donors (Lipinski definition) is 2. The van der Waals surface area contributed by atoms with Crippen LogP contribution < -0.4 is 0 Å². The molecule has 0 aliphatic heterocycles. The first-order valence-electron chi connectivity index (χ1n) is 5.69. The molecule has 2 N–H and O–H groups in total. The van der Waals surface area contributed by atoms with E-state index < -0.39 is 35.1 Å². The van der Waals surface area contributed by atoms with E-state index in [1.165, 1.54) is 25.1 Å². The molecule has 0 heterocycles. The Morgan fingerprint density at radius 3 is 2.05 bits per heavy atom. The van der Waals surface area contributed by atoms with Gasteiger partial charge in [0.1, 0.15) is 13.1 Å². The molecule has 1 rings (SSSR count). The summed E-state index contributed by atoms with van der Waals surface area (Å²) in [5, 5.41) is 17.4. The predicted molar refractivity (Wildman–Crippen MR) is 70.5 cm³/mol. The highest BCUT2D eigenvalue weighted by atomic mass is 32.2. The molecule has 8 nitrogen and oxygen atoms in total. The van der Waals surface area contributed by atoms with Gasteiger partial charge in [-0.3, -0.25) is 14.4 Å². The molecule has 0 radical (unpaired) electrons. The quantitative estimate of drug-likeness (QED) is 0.680. The van der Waals surface area contributed by atoms with Gasteiger partial charge in [0.05, 0.1) is 4.90 Å². The van der Waals surface area contributed by atoms with Gasteiger partial charge in [-0.1, -0.05) is 12.1 Å². The van der Waals surface area contributed by atoms with E-state index in [2.05, 4.69) is 0 Å². The Morgan fingerprint density at radius 2 is 1.62 bits per heavy atom. The number of sulfonamides is 1. The Labute approximate surface area is 120 Å². The minimum atomic E-state index is -4.33. The normalized spacial score (nSPS) is 11.3. The SMILES string of the molecule is CC(=O)c1cccc(S(=O)(=O)N(CC(=O)O)CC(=O)O)c1. The maximum absolute atomic E-state index is 12.3. The zero-order valence-electron chi connectivity index (χ0n) is 11.0. The molecule has 0 aliphatic carbocycles. The van der Waals surface area contributed by atoms with Crippen molar-refractivity contribution in [3.63, 3.8) is 0 Å². The van der Waals surface area contributed by atoms with Gasteiger partial charge in [0, 0.05) is 5.56 Å². The lowest BCUT2D eigenvalue weighted by Gasteiger charge is -2.18.